The number of ether oxygens (including phenoxy) is 1. The van der Waals surface area contributed by atoms with E-state index in [1.165, 1.54) is 43.5 Å². The fourth-order valence-electron chi connectivity index (χ4n) is 4.38. The number of phenolic OH excluding ortho intramolecular Hbond substituents is 1. The number of phenols is 1. The molecule has 220 valence electrons. The highest BCUT2D eigenvalue weighted by molar-refractivity contribution is 7.86. The molecule has 0 amide bonds. The van der Waals surface area contributed by atoms with Crippen LogP contribution in [0.1, 0.15) is 5.56 Å². The Morgan fingerprint density at radius 3 is 1.91 bits per heavy atom. The molecule has 5 N–H and O–H groups in total. The van der Waals surface area contributed by atoms with Crippen LogP contribution in [0.5, 0.6) is 11.5 Å². The lowest BCUT2D eigenvalue weighted by atomic mass is 10.1. The predicted octanol–water partition coefficient (Wildman–Crippen LogP) is 6.92. The third kappa shape index (κ3) is 5.87. The molecule has 0 aliphatic rings. The van der Waals surface area contributed by atoms with Crippen LogP contribution in [0.4, 0.5) is 28.4 Å². The van der Waals surface area contributed by atoms with Crippen molar-refractivity contribution in [2.24, 2.45) is 20.5 Å². The molecular weight excluding hydrogens is 598 g/mol. The van der Waals surface area contributed by atoms with Crippen molar-refractivity contribution in [1.82, 2.24) is 0 Å². The van der Waals surface area contributed by atoms with Crippen molar-refractivity contribution in [2.75, 3.05) is 12.8 Å². The maximum Gasteiger partial charge on any atom is 0.295 e. The number of nitrogens with two attached hydrogens (primary N) is 1. The van der Waals surface area contributed by atoms with Gasteiger partial charge in [-0.15, -0.1) is 20.5 Å². The molecule has 0 aliphatic carbocycles. The highest BCUT2D eigenvalue weighted by Gasteiger charge is 2.20. The van der Waals surface area contributed by atoms with E-state index in [9.17, 15) is 31.0 Å². The molecule has 0 atom stereocenters. The van der Waals surface area contributed by atoms with E-state index in [1.54, 1.807) is 31.2 Å². The van der Waals surface area contributed by atoms with Crippen molar-refractivity contribution in [3.63, 3.8) is 0 Å². The SMILES string of the molecule is COc1cc(N)c(C)cc1N=Nc1ccc(N=Nc2cc(S(=O)(=O)O)c3ccccc3c2O)c2cc(S(=O)(=O)O)ccc12. The van der Waals surface area contributed by atoms with Crippen molar-refractivity contribution in [3.05, 3.63) is 78.4 Å². The van der Waals surface area contributed by atoms with Crippen molar-refractivity contribution < 1.29 is 35.8 Å². The van der Waals surface area contributed by atoms with E-state index in [4.69, 9.17) is 10.5 Å². The number of anilines is 1. The molecule has 0 unspecified atom stereocenters. The van der Waals surface area contributed by atoms with Gasteiger partial charge in [0, 0.05) is 33.3 Å². The Kier molecular flexibility index (Phi) is 7.58. The van der Waals surface area contributed by atoms with E-state index in [1.807, 2.05) is 0 Å². The highest BCUT2D eigenvalue weighted by Crippen LogP contribution is 2.42. The molecule has 0 heterocycles. The molecule has 0 radical (unpaired) electrons. The molecule has 43 heavy (non-hydrogen) atoms. The van der Waals surface area contributed by atoms with Crippen molar-refractivity contribution in [1.29, 1.82) is 0 Å². The maximum atomic E-state index is 12.1. The van der Waals surface area contributed by atoms with Gasteiger partial charge in [-0.05, 0) is 48.9 Å². The number of rotatable bonds is 7. The molecular formula is C28H23N5O8S2. The molecule has 0 saturated heterocycles. The van der Waals surface area contributed by atoms with E-state index in [2.05, 4.69) is 20.5 Å². The number of benzene rings is 5. The Labute approximate surface area is 245 Å². The first kappa shape index (κ1) is 29.5. The lowest BCUT2D eigenvalue weighted by Crippen LogP contribution is -1.99. The molecule has 15 heteroatoms. The van der Waals surface area contributed by atoms with Crippen LogP contribution in [-0.2, 0) is 20.2 Å². The van der Waals surface area contributed by atoms with Crippen LogP contribution in [0.25, 0.3) is 21.5 Å². The number of nitrogen functional groups attached to an aromatic ring is 1. The summed E-state index contributed by atoms with van der Waals surface area (Å²) in [5, 5.41) is 28.3. The quantitative estimate of drug-likeness (QED) is 0.0841. The smallest absolute Gasteiger partial charge is 0.295 e. The fraction of sp³-hybridized carbons (Fsp3) is 0.0714. The summed E-state index contributed by atoms with van der Waals surface area (Å²) in [5.41, 5.74) is 7.71. The summed E-state index contributed by atoms with van der Waals surface area (Å²) in [6.07, 6.45) is 0. The number of aromatic hydroxyl groups is 1. The summed E-state index contributed by atoms with van der Waals surface area (Å²) in [6, 6.07) is 17.0. The van der Waals surface area contributed by atoms with Gasteiger partial charge in [-0.2, -0.15) is 16.8 Å². The standard InChI is InChI=1S/C28H23N5O8S2/c1-15-11-24(26(41-2)13-21(15)29)32-30-22-9-10-23(20-12-16(42(35,36)37)7-8-17(20)22)31-33-25-14-27(43(38,39)40)18-5-3-4-6-19(18)28(25)34/h3-14,34H,29H2,1-2H3,(H,35,36,37)(H,38,39,40). The average molecular weight is 622 g/mol. The molecule has 0 aromatic heterocycles. The van der Waals surface area contributed by atoms with E-state index in [0.29, 0.717) is 28.2 Å². The zero-order valence-corrected chi connectivity index (χ0v) is 24.1. The molecule has 13 nitrogen and oxygen atoms in total. The number of azo groups is 2. The number of aryl methyl sites for hydroxylation is 1. The lowest BCUT2D eigenvalue weighted by Gasteiger charge is -2.09. The van der Waals surface area contributed by atoms with E-state index in [0.717, 1.165) is 17.7 Å². The van der Waals surface area contributed by atoms with Crippen LogP contribution in [0.15, 0.2) is 103 Å². The van der Waals surface area contributed by atoms with Gasteiger partial charge in [-0.1, -0.05) is 30.3 Å². The van der Waals surface area contributed by atoms with Gasteiger partial charge in [0.1, 0.15) is 22.0 Å². The zero-order valence-electron chi connectivity index (χ0n) is 22.5. The van der Waals surface area contributed by atoms with Crippen LogP contribution in [0.3, 0.4) is 0 Å². The monoisotopic (exact) mass is 621 g/mol. The van der Waals surface area contributed by atoms with Gasteiger partial charge in [0.05, 0.1) is 23.4 Å². The number of hydrogen-bond acceptors (Lipinski definition) is 11. The Bertz CT molecular complexity index is 2220. The fourth-order valence-corrected chi connectivity index (χ4v) is 5.60. The third-order valence-electron chi connectivity index (χ3n) is 6.57. The molecule has 0 fully saturated rings. The first-order valence-electron chi connectivity index (χ1n) is 12.3. The lowest BCUT2D eigenvalue weighted by molar-refractivity contribution is 0.416. The minimum absolute atomic E-state index is 0.0762. The molecule has 0 aliphatic heterocycles. The number of nitrogens with zero attached hydrogens (tertiary/aromatic N) is 4. The molecule has 5 aromatic carbocycles. The van der Waals surface area contributed by atoms with Gasteiger partial charge in [0.15, 0.2) is 5.75 Å². The van der Waals surface area contributed by atoms with Gasteiger partial charge in [0.25, 0.3) is 20.2 Å². The Morgan fingerprint density at radius 2 is 1.28 bits per heavy atom. The Morgan fingerprint density at radius 1 is 0.674 bits per heavy atom. The number of fused-ring (bicyclic) bond motifs is 2. The third-order valence-corrected chi connectivity index (χ3v) is 8.32. The van der Waals surface area contributed by atoms with Crippen LogP contribution >= 0.6 is 0 Å². The van der Waals surface area contributed by atoms with Crippen LogP contribution in [0, 0.1) is 6.92 Å². The number of hydrogen-bond donors (Lipinski definition) is 4. The van der Waals surface area contributed by atoms with Crippen molar-refractivity contribution >= 4 is 70.2 Å². The second kappa shape index (κ2) is 11.0. The van der Waals surface area contributed by atoms with Crippen LogP contribution < -0.4 is 10.5 Å². The summed E-state index contributed by atoms with van der Waals surface area (Å²) in [5.74, 6) is -0.0115. The summed E-state index contributed by atoms with van der Waals surface area (Å²) in [7, 11) is -7.85. The largest absolute Gasteiger partial charge is 0.505 e. The van der Waals surface area contributed by atoms with E-state index >= 15 is 0 Å². The first-order valence-corrected chi connectivity index (χ1v) is 15.2. The van der Waals surface area contributed by atoms with Gasteiger partial charge < -0.3 is 15.6 Å². The zero-order chi connectivity index (χ0) is 31.1. The Balaban J connectivity index is 1.67. The average Bonchev–Trinajstić information content (AvgIpc) is 2.96. The molecule has 0 saturated carbocycles. The van der Waals surface area contributed by atoms with Crippen molar-refractivity contribution in [2.45, 2.75) is 16.7 Å². The van der Waals surface area contributed by atoms with Crippen LogP contribution in [-0.4, -0.2) is 38.2 Å². The van der Waals surface area contributed by atoms with Crippen LogP contribution in [0.2, 0.25) is 0 Å². The molecule has 0 bridgehead atoms. The normalized spacial score (nSPS) is 12.6. The van der Waals surface area contributed by atoms with Gasteiger partial charge in [-0.3, -0.25) is 9.11 Å². The molecule has 5 aromatic rings. The maximum absolute atomic E-state index is 12.1. The van der Waals surface area contributed by atoms with Crippen molar-refractivity contribution in [3.8, 4) is 11.5 Å². The van der Waals surface area contributed by atoms with Gasteiger partial charge in [0.2, 0.25) is 0 Å². The predicted molar refractivity (Wildman–Crippen MR) is 160 cm³/mol. The Hall–Kier alpha value is -4.96. The molecule has 5 rings (SSSR count). The summed E-state index contributed by atoms with van der Waals surface area (Å²) < 4.78 is 72.7. The molecule has 0 spiro atoms. The van der Waals surface area contributed by atoms with E-state index < -0.39 is 35.8 Å². The minimum Gasteiger partial charge on any atom is -0.505 e. The number of methoxy groups -OCH3 is 1. The second-order valence-corrected chi connectivity index (χ2v) is 12.1. The van der Waals surface area contributed by atoms with E-state index in [-0.39, 0.29) is 27.5 Å². The topological polar surface area (TPSA) is 214 Å². The summed E-state index contributed by atoms with van der Waals surface area (Å²) >= 11 is 0. The summed E-state index contributed by atoms with van der Waals surface area (Å²) in [6.45, 7) is 1.80. The first-order chi connectivity index (χ1) is 20.3. The highest BCUT2D eigenvalue weighted by atomic mass is 32.2. The summed E-state index contributed by atoms with van der Waals surface area (Å²) in [4.78, 5) is -0.916. The second-order valence-electron chi connectivity index (χ2n) is 9.33. The van der Waals surface area contributed by atoms with Gasteiger partial charge >= 0.3 is 0 Å². The van der Waals surface area contributed by atoms with Gasteiger partial charge in [-0.25, -0.2) is 0 Å². The minimum atomic E-state index is -4.70.